The Morgan fingerprint density at radius 3 is 2.83 bits per heavy atom. The van der Waals surface area contributed by atoms with Crippen LogP contribution in [0, 0.1) is 0 Å². The first-order chi connectivity index (χ1) is 11.7. The van der Waals surface area contributed by atoms with E-state index in [2.05, 4.69) is 55.7 Å². The molecule has 2 heterocycles. The third-order valence-corrected chi connectivity index (χ3v) is 4.92. The van der Waals surface area contributed by atoms with Gasteiger partial charge in [0, 0.05) is 0 Å². The number of benzene rings is 1. The number of pyridine rings is 1. The fourth-order valence-corrected chi connectivity index (χ4v) is 3.24. The zero-order valence-electron chi connectivity index (χ0n) is 13.3. The number of hydrogen-bond acceptors (Lipinski definition) is 5. The van der Waals surface area contributed by atoms with Crippen molar-refractivity contribution in [3.63, 3.8) is 0 Å². The number of halogens is 1. The SMILES string of the molecule is COc1nc(C2=NOCC(c3cccc(C4CC4)c3)N2)ccc1Br. The van der Waals surface area contributed by atoms with E-state index >= 15 is 0 Å². The van der Waals surface area contributed by atoms with Crippen LogP contribution in [0.1, 0.15) is 41.6 Å². The average molecular weight is 388 g/mol. The molecule has 5 nitrogen and oxygen atoms in total. The molecule has 1 aliphatic heterocycles. The van der Waals surface area contributed by atoms with Crippen LogP contribution in [-0.4, -0.2) is 24.5 Å². The lowest BCUT2D eigenvalue weighted by Crippen LogP contribution is -2.36. The van der Waals surface area contributed by atoms with Gasteiger partial charge < -0.3 is 14.9 Å². The Balaban J connectivity index is 1.57. The van der Waals surface area contributed by atoms with Crippen LogP contribution in [0.25, 0.3) is 0 Å². The maximum atomic E-state index is 5.46. The minimum Gasteiger partial charge on any atom is -0.480 e. The van der Waals surface area contributed by atoms with E-state index in [1.54, 1.807) is 7.11 Å². The number of rotatable bonds is 4. The molecule has 0 saturated heterocycles. The molecule has 1 atom stereocenters. The molecule has 1 saturated carbocycles. The smallest absolute Gasteiger partial charge is 0.228 e. The van der Waals surface area contributed by atoms with Gasteiger partial charge >= 0.3 is 0 Å². The molecular weight excluding hydrogens is 370 g/mol. The standard InChI is InChI=1S/C18H18BrN3O2/c1-23-18-14(19)7-8-15(21-18)17-20-16(10-24-22-17)13-4-2-3-12(9-13)11-5-6-11/h2-4,7-9,11,16H,5-6,10H2,1H3,(H,20,22). The molecule has 1 N–H and O–H groups in total. The highest BCUT2D eigenvalue weighted by Crippen LogP contribution is 2.40. The second-order valence-corrected chi connectivity index (χ2v) is 6.92. The quantitative estimate of drug-likeness (QED) is 0.867. The molecule has 1 unspecified atom stereocenters. The lowest BCUT2D eigenvalue weighted by atomic mass is 10.0. The Hall–Kier alpha value is -2.08. The fraction of sp³-hybridized carbons (Fsp3) is 0.333. The first-order valence-electron chi connectivity index (χ1n) is 8.02. The van der Waals surface area contributed by atoms with Crippen LogP contribution < -0.4 is 10.1 Å². The van der Waals surface area contributed by atoms with Gasteiger partial charge in [0.25, 0.3) is 0 Å². The van der Waals surface area contributed by atoms with Crippen LogP contribution >= 0.6 is 15.9 Å². The number of nitrogens with zero attached hydrogens (tertiary/aromatic N) is 2. The topological polar surface area (TPSA) is 55.7 Å². The first-order valence-corrected chi connectivity index (χ1v) is 8.81. The molecule has 1 fully saturated rings. The third-order valence-electron chi connectivity index (χ3n) is 4.32. The Kier molecular flexibility index (Phi) is 4.14. The van der Waals surface area contributed by atoms with Crippen molar-refractivity contribution in [1.29, 1.82) is 0 Å². The minimum atomic E-state index is 0.0626. The molecule has 2 aliphatic rings. The fourth-order valence-electron chi connectivity index (χ4n) is 2.85. The van der Waals surface area contributed by atoms with Gasteiger partial charge in [0.05, 0.1) is 17.6 Å². The molecule has 0 bridgehead atoms. The Labute approximate surface area is 149 Å². The van der Waals surface area contributed by atoms with E-state index < -0.39 is 0 Å². The molecule has 24 heavy (non-hydrogen) atoms. The number of amidine groups is 1. The number of aromatic nitrogens is 1. The highest BCUT2D eigenvalue weighted by Gasteiger charge is 2.26. The number of hydrogen-bond donors (Lipinski definition) is 1. The van der Waals surface area contributed by atoms with Crippen LogP contribution in [0.5, 0.6) is 5.88 Å². The van der Waals surface area contributed by atoms with Crippen molar-refractivity contribution in [1.82, 2.24) is 10.3 Å². The van der Waals surface area contributed by atoms with Crippen molar-refractivity contribution < 1.29 is 9.57 Å². The zero-order chi connectivity index (χ0) is 16.5. The second-order valence-electron chi connectivity index (χ2n) is 6.06. The van der Waals surface area contributed by atoms with Crippen molar-refractivity contribution in [2.24, 2.45) is 5.16 Å². The summed E-state index contributed by atoms with van der Waals surface area (Å²) >= 11 is 3.41. The summed E-state index contributed by atoms with van der Waals surface area (Å²) in [7, 11) is 1.59. The summed E-state index contributed by atoms with van der Waals surface area (Å²) < 4.78 is 6.06. The van der Waals surface area contributed by atoms with E-state index in [1.807, 2.05) is 12.1 Å². The molecule has 1 aliphatic carbocycles. The van der Waals surface area contributed by atoms with Gasteiger partial charge in [0.1, 0.15) is 12.3 Å². The molecule has 1 aromatic carbocycles. The van der Waals surface area contributed by atoms with Gasteiger partial charge in [-0.1, -0.05) is 29.4 Å². The molecule has 0 radical (unpaired) electrons. The maximum absolute atomic E-state index is 5.46. The minimum absolute atomic E-state index is 0.0626. The number of ether oxygens (including phenoxy) is 1. The lowest BCUT2D eigenvalue weighted by molar-refractivity contribution is 0.109. The average Bonchev–Trinajstić information content (AvgIpc) is 3.48. The van der Waals surface area contributed by atoms with E-state index in [0.717, 1.165) is 10.4 Å². The van der Waals surface area contributed by atoms with Gasteiger partial charge in [-0.05, 0) is 57.9 Å². The van der Waals surface area contributed by atoms with Gasteiger partial charge in [-0.2, -0.15) is 0 Å². The Morgan fingerprint density at radius 2 is 2.04 bits per heavy atom. The Morgan fingerprint density at radius 1 is 1.21 bits per heavy atom. The summed E-state index contributed by atoms with van der Waals surface area (Å²) in [5, 5.41) is 7.56. The molecule has 1 aromatic heterocycles. The van der Waals surface area contributed by atoms with Gasteiger partial charge in [-0.15, -0.1) is 0 Å². The van der Waals surface area contributed by atoms with E-state index in [1.165, 1.54) is 24.0 Å². The molecule has 2 aromatic rings. The summed E-state index contributed by atoms with van der Waals surface area (Å²) in [6.45, 7) is 0.505. The Bertz CT molecular complexity index is 790. The van der Waals surface area contributed by atoms with Crippen molar-refractivity contribution in [3.05, 3.63) is 57.7 Å². The van der Waals surface area contributed by atoms with Crippen molar-refractivity contribution >= 4 is 21.8 Å². The van der Waals surface area contributed by atoms with E-state index in [0.29, 0.717) is 24.0 Å². The van der Waals surface area contributed by atoms with Crippen LogP contribution in [0.2, 0.25) is 0 Å². The van der Waals surface area contributed by atoms with E-state index in [9.17, 15) is 0 Å². The summed E-state index contributed by atoms with van der Waals surface area (Å²) in [5.41, 5.74) is 3.33. The summed E-state index contributed by atoms with van der Waals surface area (Å²) in [4.78, 5) is 9.91. The first kappa shape index (κ1) is 15.4. The van der Waals surface area contributed by atoms with Crippen LogP contribution in [-0.2, 0) is 4.84 Å². The van der Waals surface area contributed by atoms with Gasteiger partial charge in [-0.25, -0.2) is 4.98 Å². The molecule has 124 valence electrons. The largest absolute Gasteiger partial charge is 0.480 e. The van der Waals surface area contributed by atoms with Gasteiger partial charge in [0.15, 0.2) is 5.84 Å². The molecule has 6 heteroatoms. The molecule has 4 rings (SSSR count). The van der Waals surface area contributed by atoms with Crippen LogP contribution in [0.3, 0.4) is 0 Å². The third kappa shape index (κ3) is 3.11. The zero-order valence-corrected chi connectivity index (χ0v) is 14.9. The molecule has 0 amide bonds. The number of methoxy groups -OCH3 is 1. The molecule has 0 spiro atoms. The van der Waals surface area contributed by atoms with E-state index in [-0.39, 0.29) is 6.04 Å². The molecular formula is C18H18BrN3O2. The van der Waals surface area contributed by atoms with Gasteiger partial charge in [-0.3, -0.25) is 0 Å². The predicted octanol–water partition coefficient (Wildman–Crippen LogP) is 3.75. The van der Waals surface area contributed by atoms with Crippen molar-refractivity contribution in [2.75, 3.05) is 13.7 Å². The highest BCUT2D eigenvalue weighted by atomic mass is 79.9. The number of oxime groups is 1. The summed E-state index contributed by atoms with van der Waals surface area (Å²) in [6, 6.07) is 12.6. The van der Waals surface area contributed by atoms with Gasteiger partial charge in [0.2, 0.25) is 5.88 Å². The number of nitrogens with one attached hydrogen (secondary N) is 1. The highest BCUT2D eigenvalue weighted by molar-refractivity contribution is 9.10. The monoisotopic (exact) mass is 387 g/mol. The second kappa shape index (κ2) is 6.43. The summed E-state index contributed by atoms with van der Waals surface area (Å²) in [5.74, 6) is 1.88. The van der Waals surface area contributed by atoms with Crippen molar-refractivity contribution in [2.45, 2.75) is 24.8 Å². The predicted molar refractivity (Wildman–Crippen MR) is 95.3 cm³/mol. The lowest BCUT2D eigenvalue weighted by Gasteiger charge is -2.24. The van der Waals surface area contributed by atoms with Crippen LogP contribution in [0.4, 0.5) is 0 Å². The van der Waals surface area contributed by atoms with Crippen molar-refractivity contribution in [3.8, 4) is 5.88 Å². The summed E-state index contributed by atoms with van der Waals surface area (Å²) in [6.07, 6.45) is 2.60. The van der Waals surface area contributed by atoms with Crippen LogP contribution in [0.15, 0.2) is 46.0 Å². The maximum Gasteiger partial charge on any atom is 0.228 e. The normalized spacial score (nSPS) is 19.9. The van der Waals surface area contributed by atoms with E-state index in [4.69, 9.17) is 9.57 Å².